The number of amides is 4. The van der Waals surface area contributed by atoms with Crippen LogP contribution in [0.25, 0.3) is 10.4 Å². The van der Waals surface area contributed by atoms with Gasteiger partial charge in [-0.25, -0.2) is 26.5 Å². The average Bonchev–Trinajstić information content (AvgIpc) is 0.858. The first-order chi connectivity index (χ1) is 47.3. The van der Waals surface area contributed by atoms with Crippen molar-refractivity contribution in [3.8, 4) is 10.4 Å². The molecule has 3 saturated heterocycles. The summed E-state index contributed by atoms with van der Waals surface area (Å²) in [4.78, 5) is 70.0. The number of hydrogen-bond donors (Lipinski definition) is 5. The Morgan fingerprint density at radius 3 is 2.12 bits per heavy atom. The molecular weight excluding hydrogens is 1360 g/mol. The lowest BCUT2D eigenvalue weighted by Gasteiger charge is -2.39. The highest BCUT2D eigenvalue weighted by atomic mass is 32.2. The molecule has 1 aliphatic carbocycles. The smallest absolute Gasteiger partial charge is 0.391 e. The molecule has 0 saturated carbocycles. The van der Waals surface area contributed by atoms with Crippen LogP contribution in [0.1, 0.15) is 140 Å². The Hall–Kier alpha value is -6.65. The zero-order valence-corrected chi connectivity index (χ0v) is 62.1. The minimum absolute atomic E-state index is 0.0214. The number of nitrogens with zero attached hydrogens (tertiary/aromatic N) is 6. The van der Waals surface area contributed by atoms with E-state index in [0.29, 0.717) is 70.4 Å². The Kier molecular flexibility index (Phi) is 26.1. The summed E-state index contributed by atoms with van der Waals surface area (Å²) in [6.07, 6.45) is 6.17. The van der Waals surface area contributed by atoms with Crippen LogP contribution in [0.5, 0.6) is 0 Å². The number of halogens is 3. The zero-order valence-electron chi connectivity index (χ0n) is 58.8. The third-order valence-corrected chi connectivity index (χ3v) is 24.5. The molecular formula is C74H99F3N10O9S4. The van der Waals surface area contributed by atoms with Crippen LogP contribution in [-0.2, 0) is 34.2 Å². The van der Waals surface area contributed by atoms with Gasteiger partial charge in [-0.1, -0.05) is 108 Å². The van der Waals surface area contributed by atoms with Crippen LogP contribution in [0.15, 0.2) is 141 Å². The fourth-order valence-corrected chi connectivity index (χ4v) is 17.4. The van der Waals surface area contributed by atoms with Crippen LogP contribution >= 0.6 is 23.1 Å². The lowest BCUT2D eigenvalue weighted by atomic mass is 9.72. The van der Waals surface area contributed by atoms with Gasteiger partial charge in [0.1, 0.15) is 17.0 Å². The van der Waals surface area contributed by atoms with Gasteiger partial charge in [0.05, 0.1) is 38.8 Å². The number of allylic oxidation sites excluding steroid dienone is 2. The highest BCUT2D eigenvalue weighted by Gasteiger charge is 2.49. The van der Waals surface area contributed by atoms with Gasteiger partial charge in [-0.15, -0.1) is 23.1 Å². The average molecular weight is 1460 g/mol. The summed E-state index contributed by atoms with van der Waals surface area (Å²) in [7, 11) is -11.1. The number of likely N-dealkylation sites (tertiary alicyclic amines) is 1. The van der Waals surface area contributed by atoms with Crippen LogP contribution in [0.4, 0.5) is 24.5 Å². The molecule has 1 aromatic heterocycles. The minimum Gasteiger partial charge on any atom is -0.391 e. The predicted molar refractivity (Wildman–Crippen MR) is 390 cm³/mol. The van der Waals surface area contributed by atoms with Gasteiger partial charge in [-0.05, 0) is 147 Å². The van der Waals surface area contributed by atoms with Gasteiger partial charge >= 0.3 is 5.51 Å². The molecule has 3 fully saturated rings. The van der Waals surface area contributed by atoms with E-state index >= 15 is 0 Å². The molecule has 4 amide bonds. The van der Waals surface area contributed by atoms with Crippen LogP contribution in [0.2, 0.25) is 0 Å². The second-order valence-electron chi connectivity index (χ2n) is 28.9. The van der Waals surface area contributed by atoms with E-state index in [-0.39, 0.29) is 42.3 Å². The van der Waals surface area contributed by atoms with Gasteiger partial charge < -0.3 is 40.7 Å². The zero-order chi connectivity index (χ0) is 72.3. The molecule has 3 aliphatic heterocycles. The number of sulfone groups is 1. The molecule has 9 rings (SSSR count). The number of benzene rings is 4. The number of β-amino-alcohol motifs (C(OH)–C–C–N with tert-alkyl or cyclic N) is 1. The van der Waals surface area contributed by atoms with Crippen molar-refractivity contribution in [3.63, 3.8) is 0 Å². The first-order valence-corrected chi connectivity index (χ1v) is 39.6. The summed E-state index contributed by atoms with van der Waals surface area (Å²) in [6.45, 7) is 28.5. The number of piperazine rings is 2. The molecule has 5 aromatic rings. The van der Waals surface area contributed by atoms with Crippen molar-refractivity contribution in [2.24, 2.45) is 10.8 Å². The quantitative estimate of drug-likeness (QED) is 0.0221. The van der Waals surface area contributed by atoms with E-state index in [4.69, 9.17) is 0 Å². The number of unbranched alkanes of at least 4 members (excludes halogenated alkanes) is 1. The van der Waals surface area contributed by atoms with Crippen molar-refractivity contribution in [2.75, 3.05) is 94.5 Å². The number of carbonyl (C=O) groups is 4. The number of carbonyl (C=O) groups excluding carboxylic acids is 4. The number of rotatable bonds is 29. The van der Waals surface area contributed by atoms with E-state index < -0.39 is 88.2 Å². The molecule has 5 atom stereocenters. The van der Waals surface area contributed by atoms with Crippen molar-refractivity contribution < 1.29 is 54.3 Å². The Bertz CT molecular complexity index is 3930. The van der Waals surface area contributed by atoms with Crippen LogP contribution in [0, 0.1) is 17.8 Å². The molecule has 0 spiro atoms. The Balaban J connectivity index is 0.758. The molecule has 0 bridgehead atoms. The number of thioether (sulfide) groups is 1. The SMILES string of the molecule is C=C(CCC)C1=C(CN2CCN(c3ccc(C(=O)NS(=O)(=O)c4ccc(N[C@H](CCN5CCN(CCCCC(=O)N[C@H](C(=O)N6C[C@H](O)C[C@H]6C(=O)N[C@@H](C)c6ccc(-c7scnc7C)cc6)C(C)(C)C)CC5)CSc5ccccc5)c(S(=O)(=O)C(F)(F)F)c4)cc3)CC2)CCC(C)(C)C1. The van der Waals surface area contributed by atoms with Crippen molar-refractivity contribution in [3.05, 3.63) is 143 Å². The molecule has 0 unspecified atom stereocenters. The van der Waals surface area contributed by atoms with Gasteiger partial charge in [-0.2, -0.15) is 13.2 Å². The molecule has 26 heteroatoms. The fraction of sp³-hybridized carbons (Fsp3) is 0.527. The monoisotopic (exact) mass is 1460 g/mol. The van der Waals surface area contributed by atoms with E-state index in [0.717, 1.165) is 109 Å². The number of sulfonamides is 1. The maximum Gasteiger partial charge on any atom is 0.501 e. The minimum atomic E-state index is -6.15. The molecule has 4 aromatic carbocycles. The topological polar surface area (TPSA) is 234 Å². The van der Waals surface area contributed by atoms with Crippen LogP contribution in [0.3, 0.4) is 0 Å². The normalized spacial score (nSPS) is 19.2. The molecule has 4 aliphatic rings. The second kappa shape index (κ2) is 33.6. The number of thiazole rings is 1. The van der Waals surface area contributed by atoms with E-state index in [1.165, 1.54) is 45.5 Å². The summed E-state index contributed by atoms with van der Waals surface area (Å²) in [6, 6.07) is 23.1. The number of anilines is 2. The first-order valence-electron chi connectivity index (χ1n) is 34.8. The number of hydrogen-bond acceptors (Lipinski definition) is 17. The van der Waals surface area contributed by atoms with Gasteiger partial charge in [0.15, 0.2) is 0 Å². The van der Waals surface area contributed by atoms with E-state index in [9.17, 15) is 54.3 Å². The molecule has 5 N–H and O–H groups in total. The van der Waals surface area contributed by atoms with Crippen molar-refractivity contribution in [2.45, 2.75) is 170 Å². The largest absolute Gasteiger partial charge is 0.501 e. The van der Waals surface area contributed by atoms with Crippen molar-refractivity contribution >= 4 is 78.0 Å². The second-order valence-corrected chi connectivity index (χ2v) is 34.4. The van der Waals surface area contributed by atoms with Crippen LogP contribution < -0.4 is 25.6 Å². The lowest BCUT2D eigenvalue weighted by molar-refractivity contribution is -0.144. The number of alkyl halides is 3. The van der Waals surface area contributed by atoms with Gasteiger partial charge in [-0.3, -0.25) is 24.1 Å². The van der Waals surface area contributed by atoms with Crippen LogP contribution in [-0.4, -0.2) is 184 Å². The fourth-order valence-electron chi connectivity index (χ4n) is 13.5. The summed E-state index contributed by atoms with van der Waals surface area (Å²) < 4.78 is 100. The maximum absolute atomic E-state index is 14.6. The Morgan fingerprint density at radius 2 is 1.49 bits per heavy atom. The predicted octanol–water partition coefficient (Wildman–Crippen LogP) is 11.6. The molecule has 19 nitrogen and oxygen atoms in total. The standard InChI is InChI=1S/C74H99F3N10O9S4/c1-10-16-50(2)62-45-73(8,9)32-30-56(62)46-85-39-41-86(42-40-85)58-26-24-55(25-27-58)69(90)82-100(95,96)61-28-29-63(65(44-61)99(93,94)74(75,76)77)80-57(48-97-60-17-12-11-13-18-60)31-34-84-37-35-83(36-38-84)33-15-14-19-66(89)81-68(72(5,6)7)71(92)87-47-59(88)43-64(87)70(91)79-51(3)53-20-22-54(23-21-53)67-52(4)78-49-98-67/h11-13,17-18,20-29,44,49,51,57,59,64,68,80,88H,2,10,14-16,19,30-43,45-48H2,1,3-9H3,(H,79,91)(H,81,89)(H,82,90)/t51-,57+,59+,64-,68+/m0/s1. The lowest BCUT2D eigenvalue weighted by Crippen LogP contribution is -2.57. The number of aliphatic hydroxyl groups excluding tert-OH is 1. The van der Waals surface area contributed by atoms with Gasteiger partial charge in [0.25, 0.3) is 25.8 Å². The summed E-state index contributed by atoms with van der Waals surface area (Å²) in [5.74, 6) is -1.89. The molecule has 100 heavy (non-hydrogen) atoms. The highest BCUT2D eigenvalue weighted by Crippen LogP contribution is 2.43. The highest BCUT2D eigenvalue weighted by molar-refractivity contribution is 7.99. The Labute approximate surface area is 597 Å². The summed E-state index contributed by atoms with van der Waals surface area (Å²) in [5, 5.41) is 19.8. The van der Waals surface area contributed by atoms with E-state index in [1.54, 1.807) is 29.0 Å². The molecule has 544 valence electrons. The summed E-state index contributed by atoms with van der Waals surface area (Å²) >= 11 is 2.98. The maximum atomic E-state index is 14.6. The molecule has 0 radical (unpaired) electrons. The number of aryl methyl sites for hydroxylation is 1. The van der Waals surface area contributed by atoms with E-state index in [2.05, 4.69) is 67.9 Å². The van der Waals surface area contributed by atoms with Crippen molar-refractivity contribution in [1.29, 1.82) is 0 Å². The number of aromatic nitrogens is 1. The molecule has 4 heterocycles. The van der Waals surface area contributed by atoms with E-state index in [1.807, 2.05) is 93.9 Å². The van der Waals surface area contributed by atoms with Gasteiger partial charge in [0, 0.05) is 113 Å². The third kappa shape index (κ3) is 20.4. The third-order valence-electron chi connectivity index (χ3n) is 19.5. The van der Waals surface area contributed by atoms with Crippen molar-refractivity contribution in [1.82, 2.24) is 39.9 Å². The first kappa shape index (κ1) is 77.5. The Morgan fingerprint density at radius 1 is 0.830 bits per heavy atom. The summed E-state index contributed by atoms with van der Waals surface area (Å²) in [5.41, 5.74) is 2.87. The van der Waals surface area contributed by atoms with Gasteiger partial charge in [0.2, 0.25) is 17.7 Å². The number of aliphatic hydroxyl groups is 1. The number of nitrogens with one attached hydrogen (secondary N) is 4.